The molecule has 1 amide bonds. The molecule has 4 aliphatic rings. The van der Waals surface area contributed by atoms with Gasteiger partial charge in [0.05, 0.1) is 16.5 Å². The number of carbonyl (C=O) groups excluding carboxylic acids is 1. The maximum absolute atomic E-state index is 12.7. The number of fused-ring (bicyclic) bond motifs is 2. The van der Waals surface area contributed by atoms with E-state index in [2.05, 4.69) is 15.0 Å². The molecule has 0 aromatic carbocycles. The Morgan fingerprint density at radius 1 is 0.946 bits per heavy atom. The lowest BCUT2D eigenvalue weighted by Crippen LogP contribution is -2.50. The van der Waals surface area contributed by atoms with Crippen molar-refractivity contribution in [3.05, 3.63) is 29.7 Å². The normalized spacial score (nSPS) is 25.5. The fourth-order valence-electron chi connectivity index (χ4n) is 5.46. The second kappa shape index (κ2) is 9.41. The van der Waals surface area contributed by atoms with Crippen molar-refractivity contribution < 1.29 is 27.4 Å². The van der Waals surface area contributed by atoms with Gasteiger partial charge in [-0.15, -0.1) is 0 Å². The molecule has 0 N–H and O–H groups in total. The summed E-state index contributed by atoms with van der Waals surface area (Å²) in [4.78, 5) is 27.6. The number of carbonyl (C=O) groups is 1. The van der Waals surface area contributed by atoms with Crippen molar-refractivity contribution in [2.45, 2.75) is 106 Å². The summed E-state index contributed by atoms with van der Waals surface area (Å²) in [7, 11) is -3.37. The highest BCUT2D eigenvalue weighted by atomic mass is 32.2. The minimum absolute atomic E-state index is 0.0676. The van der Waals surface area contributed by atoms with Gasteiger partial charge in [-0.05, 0) is 70.9 Å². The summed E-state index contributed by atoms with van der Waals surface area (Å²) < 4.78 is 43.0. The first kappa shape index (κ1) is 24.4. The Balaban J connectivity index is 1.12. The molecule has 6 rings (SSSR count). The zero-order valence-corrected chi connectivity index (χ0v) is 21.9. The summed E-state index contributed by atoms with van der Waals surface area (Å²) in [5.74, 6) is 1.20. The first-order valence-corrected chi connectivity index (χ1v) is 14.7. The number of rotatable bonds is 7. The van der Waals surface area contributed by atoms with Crippen molar-refractivity contribution in [3.8, 4) is 17.5 Å². The average molecular weight is 529 g/mol. The lowest BCUT2D eigenvalue weighted by molar-refractivity contribution is -0.00517. The van der Waals surface area contributed by atoms with E-state index in [1.807, 2.05) is 11.8 Å². The third kappa shape index (κ3) is 4.73. The number of ether oxygens (including phenoxy) is 3. The fourth-order valence-corrected chi connectivity index (χ4v) is 7.08. The van der Waals surface area contributed by atoms with Crippen LogP contribution in [0, 0.1) is 13.8 Å². The van der Waals surface area contributed by atoms with Gasteiger partial charge >= 0.3 is 6.09 Å². The predicted molar refractivity (Wildman–Crippen MR) is 132 cm³/mol. The Morgan fingerprint density at radius 3 is 2.27 bits per heavy atom. The van der Waals surface area contributed by atoms with Crippen molar-refractivity contribution in [3.63, 3.8) is 0 Å². The summed E-state index contributed by atoms with van der Waals surface area (Å²) in [6, 6.07) is 3.35. The Morgan fingerprint density at radius 2 is 1.65 bits per heavy atom. The van der Waals surface area contributed by atoms with Gasteiger partial charge in [0.25, 0.3) is 0 Å². The van der Waals surface area contributed by atoms with Crippen molar-refractivity contribution in [2.24, 2.45) is 0 Å². The van der Waals surface area contributed by atoms with E-state index in [0.29, 0.717) is 41.6 Å². The van der Waals surface area contributed by atoms with Gasteiger partial charge in [0, 0.05) is 24.9 Å². The van der Waals surface area contributed by atoms with Crippen LogP contribution in [-0.2, 0) is 14.6 Å². The molecule has 2 aromatic heterocycles. The van der Waals surface area contributed by atoms with Crippen molar-refractivity contribution in [2.75, 3.05) is 0 Å². The van der Waals surface area contributed by atoms with E-state index in [4.69, 9.17) is 14.2 Å². The highest BCUT2D eigenvalue weighted by molar-refractivity contribution is 7.92. The van der Waals surface area contributed by atoms with Crippen LogP contribution < -0.4 is 9.47 Å². The van der Waals surface area contributed by atoms with E-state index in [1.54, 1.807) is 13.0 Å². The van der Waals surface area contributed by atoms with Gasteiger partial charge in [-0.1, -0.05) is 0 Å². The minimum Gasteiger partial charge on any atom is -0.474 e. The molecule has 2 aliphatic heterocycles. The topological polar surface area (TPSA) is 121 Å². The van der Waals surface area contributed by atoms with Gasteiger partial charge in [0.2, 0.25) is 11.8 Å². The smallest absolute Gasteiger partial charge is 0.410 e. The molecule has 4 heterocycles. The van der Waals surface area contributed by atoms with Crippen LogP contribution in [0.2, 0.25) is 0 Å². The highest BCUT2D eigenvalue weighted by Crippen LogP contribution is 2.40. The van der Waals surface area contributed by atoms with Crippen LogP contribution in [-0.4, -0.2) is 63.9 Å². The SMILES string of the molecule is Cc1nc(S(=O)(=O)C2CC2)ccc1Oc1ncnc(OC2CC3CCC(C2)N3C(=O)OC2CCC2)c1C. The molecule has 0 radical (unpaired) electrons. The van der Waals surface area contributed by atoms with Gasteiger partial charge in [-0.2, -0.15) is 0 Å². The molecule has 37 heavy (non-hydrogen) atoms. The second-order valence-electron chi connectivity index (χ2n) is 10.6. The lowest BCUT2D eigenvalue weighted by atomic mass is 9.96. The second-order valence-corrected chi connectivity index (χ2v) is 12.8. The number of sulfone groups is 1. The molecule has 2 unspecified atom stereocenters. The Hall–Kier alpha value is -2.95. The minimum atomic E-state index is -3.37. The van der Waals surface area contributed by atoms with Crippen molar-refractivity contribution in [1.29, 1.82) is 0 Å². The summed E-state index contributed by atoms with van der Waals surface area (Å²) >= 11 is 0. The van der Waals surface area contributed by atoms with Crippen LogP contribution in [0.25, 0.3) is 0 Å². The number of nitrogens with zero attached hydrogens (tertiary/aromatic N) is 4. The van der Waals surface area contributed by atoms with Gasteiger partial charge in [-0.3, -0.25) is 0 Å². The van der Waals surface area contributed by atoms with Gasteiger partial charge < -0.3 is 19.1 Å². The number of amides is 1. The average Bonchev–Trinajstić information content (AvgIpc) is 3.66. The van der Waals surface area contributed by atoms with Crippen LogP contribution in [0.4, 0.5) is 4.79 Å². The Labute approximate surface area is 216 Å². The van der Waals surface area contributed by atoms with Crippen LogP contribution in [0.1, 0.15) is 69.0 Å². The van der Waals surface area contributed by atoms with Gasteiger partial charge in [0.1, 0.15) is 18.5 Å². The number of aromatic nitrogens is 3. The van der Waals surface area contributed by atoms with E-state index < -0.39 is 9.84 Å². The Bertz CT molecular complexity index is 1300. The molecule has 2 atom stereocenters. The summed E-state index contributed by atoms with van der Waals surface area (Å²) in [5.41, 5.74) is 1.12. The predicted octanol–water partition coefficient (Wildman–Crippen LogP) is 4.28. The van der Waals surface area contributed by atoms with E-state index in [1.165, 1.54) is 12.4 Å². The summed E-state index contributed by atoms with van der Waals surface area (Å²) in [6.45, 7) is 3.55. The molecule has 10 nitrogen and oxygen atoms in total. The third-order valence-corrected chi connectivity index (χ3v) is 10.1. The number of aryl methyl sites for hydroxylation is 1. The monoisotopic (exact) mass is 528 g/mol. The lowest BCUT2D eigenvalue weighted by Gasteiger charge is -2.39. The third-order valence-electron chi connectivity index (χ3n) is 7.96. The quantitative estimate of drug-likeness (QED) is 0.518. The maximum atomic E-state index is 12.7. The van der Waals surface area contributed by atoms with Crippen LogP contribution in [0.5, 0.6) is 17.5 Å². The summed E-state index contributed by atoms with van der Waals surface area (Å²) in [5, 5.41) is -0.230. The first-order valence-electron chi connectivity index (χ1n) is 13.2. The maximum Gasteiger partial charge on any atom is 0.410 e. The molecule has 4 fully saturated rings. The summed E-state index contributed by atoms with van der Waals surface area (Å²) in [6.07, 6.45) is 9.07. The number of hydrogen-bond acceptors (Lipinski definition) is 9. The molecular weight excluding hydrogens is 496 g/mol. The first-order chi connectivity index (χ1) is 17.8. The molecule has 2 aliphatic carbocycles. The van der Waals surface area contributed by atoms with Crippen LogP contribution in [0.3, 0.4) is 0 Å². The Kier molecular flexibility index (Phi) is 6.21. The van der Waals surface area contributed by atoms with Gasteiger partial charge in [0.15, 0.2) is 20.6 Å². The van der Waals surface area contributed by atoms with E-state index >= 15 is 0 Å². The molecule has 198 valence electrons. The highest BCUT2D eigenvalue weighted by Gasteiger charge is 2.46. The molecule has 2 saturated carbocycles. The number of piperidine rings is 1. The van der Waals surface area contributed by atoms with Crippen molar-refractivity contribution in [1.82, 2.24) is 19.9 Å². The van der Waals surface area contributed by atoms with Crippen LogP contribution >= 0.6 is 0 Å². The molecule has 11 heteroatoms. The number of pyridine rings is 1. The zero-order valence-electron chi connectivity index (χ0n) is 21.1. The van der Waals surface area contributed by atoms with E-state index in [9.17, 15) is 13.2 Å². The fraction of sp³-hybridized carbons (Fsp3) is 0.615. The molecule has 2 saturated heterocycles. The largest absolute Gasteiger partial charge is 0.474 e. The zero-order chi connectivity index (χ0) is 25.7. The van der Waals surface area contributed by atoms with Crippen LogP contribution in [0.15, 0.2) is 23.5 Å². The number of hydrogen-bond donors (Lipinski definition) is 0. The molecule has 2 aromatic rings. The molecule has 0 spiro atoms. The van der Waals surface area contributed by atoms with E-state index in [0.717, 1.165) is 44.9 Å². The molecular formula is C26H32N4O6S. The van der Waals surface area contributed by atoms with E-state index in [-0.39, 0.29) is 40.7 Å². The molecule has 2 bridgehead atoms. The standard InChI is InChI=1S/C26H32N4O6S/c1-15-24(34-20-12-17-6-7-18(13-20)30(17)26(31)35-19-4-3-5-19)27-14-28-25(15)36-22-10-11-23(29-16(22)2)37(32,33)21-8-9-21/h10-11,14,17-21H,3-9,12-13H2,1-2H3. The van der Waals surface area contributed by atoms with Gasteiger partial charge in [-0.25, -0.2) is 28.2 Å². The van der Waals surface area contributed by atoms with Crippen molar-refractivity contribution >= 4 is 15.9 Å².